The zero-order valence-corrected chi connectivity index (χ0v) is 16.6. The topological polar surface area (TPSA) is 91.8 Å². The van der Waals surface area contributed by atoms with Gasteiger partial charge >= 0.3 is 6.09 Å². The largest absolute Gasteiger partial charge is 0.486 e. The van der Waals surface area contributed by atoms with Gasteiger partial charge in [0.25, 0.3) is 5.91 Å². The molecule has 2 aliphatic rings. The van der Waals surface area contributed by atoms with Crippen LogP contribution in [0.3, 0.4) is 0 Å². The van der Waals surface area contributed by atoms with Crippen LogP contribution in [0.1, 0.15) is 35.2 Å². The summed E-state index contributed by atoms with van der Waals surface area (Å²) >= 11 is 6.39. The number of hydrogen-bond donors (Lipinski definition) is 2. The van der Waals surface area contributed by atoms with Crippen LogP contribution >= 0.6 is 11.6 Å². The van der Waals surface area contributed by atoms with Crippen molar-refractivity contribution in [2.24, 2.45) is 0 Å². The maximum absolute atomic E-state index is 12.6. The lowest BCUT2D eigenvalue weighted by molar-refractivity contribution is 0.0724. The number of hydrogen-bond acceptors (Lipinski definition) is 4. The average molecular weight is 416 g/mol. The molecule has 2 aliphatic heterocycles. The lowest BCUT2D eigenvalue weighted by Crippen LogP contribution is -2.35. The normalized spacial score (nSPS) is 18.1. The molecule has 7 nitrogen and oxygen atoms in total. The van der Waals surface area contributed by atoms with Gasteiger partial charge in [0.15, 0.2) is 0 Å². The van der Waals surface area contributed by atoms with Crippen molar-refractivity contribution in [1.82, 2.24) is 15.2 Å². The Morgan fingerprint density at radius 2 is 2.03 bits per heavy atom. The zero-order valence-electron chi connectivity index (χ0n) is 15.9. The molecule has 2 N–H and O–H groups in total. The summed E-state index contributed by atoms with van der Waals surface area (Å²) in [6.45, 7) is 1.80. The third kappa shape index (κ3) is 4.29. The predicted octanol–water partition coefficient (Wildman–Crippen LogP) is 3.60. The second-order valence-electron chi connectivity index (χ2n) is 7.36. The molecule has 8 heteroatoms. The molecule has 0 spiro atoms. The quantitative estimate of drug-likeness (QED) is 0.796. The van der Waals surface area contributed by atoms with Crippen molar-refractivity contribution in [1.29, 1.82) is 0 Å². The molecule has 1 aromatic carbocycles. The van der Waals surface area contributed by atoms with Crippen LogP contribution in [-0.4, -0.2) is 52.7 Å². The molecule has 0 bridgehead atoms. The zero-order chi connectivity index (χ0) is 20.4. The summed E-state index contributed by atoms with van der Waals surface area (Å²) in [4.78, 5) is 29.6. The number of halogens is 1. The van der Waals surface area contributed by atoms with E-state index in [1.807, 2.05) is 17.0 Å². The summed E-state index contributed by atoms with van der Waals surface area (Å²) in [5.41, 5.74) is 3.06. The van der Waals surface area contributed by atoms with Crippen molar-refractivity contribution in [3.05, 3.63) is 46.6 Å². The molecule has 1 atom stereocenters. The SMILES string of the molecule is O=C(O)NCC1Cc2cc(-c3ccc(C(=O)N4CCCCC4)cn3)cc(Cl)c2O1. The Morgan fingerprint density at radius 3 is 2.72 bits per heavy atom. The van der Waals surface area contributed by atoms with Gasteiger partial charge in [-0.15, -0.1) is 0 Å². The molecule has 3 heterocycles. The van der Waals surface area contributed by atoms with Gasteiger partial charge in [0, 0.05) is 36.8 Å². The molecule has 1 unspecified atom stereocenters. The monoisotopic (exact) mass is 415 g/mol. The molecule has 4 rings (SSSR count). The van der Waals surface area contributed by atoms with E-state index in [0.717, 1.165) is 42.8 Å². The highest BCUT2D eigenvalue weighted by molar-refractivity contribution is 6.32. The van der Waals surface area contributed by atoms with Crippen LogP contribution in [0.4, 0.5) is 4.79 Å². The first-order valence-corrected chi connectivity index (χ1v) is 10.1. The molecule has 0 radical (unpaired) electrons. The van der Waals surface area contributed by atoms with Crippen LogP contribution in [0.5, 0.6) is 5.75 Å². The lowest BCUT2D eigenvalue weighted by atomic mass is 10.0. The second kappa shape index (κ2) is 8.29. The van der Waals surface area contributed by atoms with Gasteiger partial charge in [-0.1, -0.05) is 11.6 Å². The van der Waals surface area contributed by atoms with E-state index >= 15 is 0 Å². The highest BCUT2D eigenvalue weighted by Crippen LogP contribution is 2.39. The van der Waals surface area contributed by atoms with E-state index < -0.39 is 6.09 Å². The number of fused-ring (bicyclic) bond motifs is 1. The molecule has 0 aliphatic carbocycles. The third-order valence-corrected chi connectivity index (χ3v) is 5.56. The van der Waals surface area contributed by atoms with E-state index in [4.69, 9.17) is 21.4 Å². The van der Waals surface area contributed by atoms with Crippen molar-refractivity contribution in [3.63, 3.8) is 0 Å². The number of aromatic nitrogens is 1. The van der Waals surface area contributed by atoms with Gasteiger partial charge in [0.1, 0.15) is 11.9 Å². The molecule has 152 valence electrons. The lowest BCUT2D eigenvalue weighted by Gasteiger charge is -2.26. The standard InChI is InChI=1S/C21H22ClN3O4/c22-17-10-14(8-15-9-16(29-19(15)17)12-24-21(27)28)18-5-4-13(11-23-18)20(26)25-6-2-1-3-7-25/h4-5,8,10-11,16,24H,1-3,6-7,9,12H2,(H,27,28). The fourth-order valence-electron chi connectivity index (χ4n) is 3.82. The first-order valence-electron chi connectivity index (χ1n) is 9.73. The van der Waals surface area contributed by atoms with E-state index in [-0.39, 0.29) is 18.6 Å². The van der Waals surface area contributed by atoms with Crippen LogP contribution in [0.25, 0.3) is 11.3 Å². The fraction of sp³-hybridized carbons (Fsp3) is 0.381. The Bertz CT molecular complexity index is 926. The first kappa shape index (κ1) is 19.5. The molecular weight excluding hydrogens is 394 g/mol. The summed E-state index contributed by atoms with van der Waals surface area (Å²) in [6, 6.07) is 7.36. The molecule has 29 heavy (non-hydrogen) atoms. The van der Waals surface area contributed by atoms with Gasteiger partial charge in [-0.05, 0) is 43.5 Å². The maximum Gasteiger partial charge on any atom is 0.404 e. The number of carbonyl (C=O) groups excluding carboxylic acids is 1. The van der Waals surface area contributed by atoms with Gasteiger partial charge < -0.3 is 20.1 Å². The summed E-state index contributed by atoms with van der Waals surface area (Å²) in [6.07, 6.45) is 4.09. The number of pyridine rings is 1. The average Bonchev–Trinajstić information content (AvgIpc) is 3.16. The van der Waals surface area contributed by atoms with E-state index in [1.54, 1.807) is 18.3 Å². The Morgan fingerprint density at radius 1 is 1.24 bits per heavy atom. The van der Waals surface area contributed by atoms with E-state index in [0.29, 0.717) is 22.8 Å². The number of carbonyl (C=O) groups is 2. The van der Waals surface area contributed by atoms with E-state index in [9.17, 15) is 9.59 Å². The Balaban J connectivity index is 1.50. The molecule has 1 fully saturated rings. The fourth-order valence-corrected chi connectivity index (χ4v) is 4.10. The highest BCUT2D eigenvalue weighted by Gasteiger charge is 2.26. The Hall–Kier alpha value is -2.80. The molecule has 2 aromatic rings. The van der Waals surface area contributed by atoms with E-state index in [1.165, 1.54) is 6.42 Å². The van der Waals surface area contributed by atoms with E-state index in [2.05, 4.69) is 10.3 Å². The minimum atomic E-state index is -1.08. The number of carboxylic acid groups (broad SMARTS) is 1. The number of rotatable bonds is 4. The van der Waals surface area contributed by atoms with Gasteiger partial charge in [0.05, 0.1) is 22.8 Å². The van der Waals surface area contributed by atoms with Crippen molar-refractivity contribution < 1.29 is 19.4 Å². The third-order valence-electron chi connectivity index (χ3n) is 5.28. The number of piperidine rings is 1. The molecule has 2 amide bonds. The molecular formula is C21H22ClN3O4. The van der Waals surface area contributed by atoms with Crippen LogP contribution in [0.2, 0.25) is 5.02 Å². The summed E-state index contributed by atoms with van der Waals surface area (Å²) in [7, 11) is 0. The minimum Gasteiger partial charge on any atom is -0.486 e. The van der Waals surface area contributed by atoms with Crippen LogP contribution < -0.4 is 10.1 Å². The van der Waals surface area contributed by atoms with Crippen molar-refractivity contribution in [2.75, 3.05) is 19.6 Å². The number of benzene rings is 1. The number of likely N-dealkylation sites (tertiary alicyclic amines) is 1. The first-order chi connectivity index (χ1) is 14.0. The van der Waals surface area contributed by atoms with Gasteiger partial charge in [0.2, 0.25) is 0 Å². The molecule has 0 saturated carbocycles. The van der Waals surface area contributed by atoms with Crippen LogP contribution in [-0.2, 0) is 6.42 Å². The van der Waals surface area contributed by atoms with Crippen LogP contribution in [0, 0.1) is 0 Å². The summed E-state index contributed by atoms with van der Waals surface area (Å²) in [5, 5.41) is 11.6. The summed E-state index contributed by atoms with van der Waals surface area (Å²) < 4.78 is 5.77. The predicted molar refractivity (Wildman–Crippen MR) is 109 cm³/mol. The highest BCUT2D eigenvalue weighted by atomic mass is 35.5. The number of nitrogens with one attached hydrogen (secondary N) is 1. The van der Waals surface area contributed by atoms with Gasteiger partial charge in [-0.3, -0.25) is 9.78 Å². The minimum absolute atomic E-state index is 0.0258. The maximum atomic E-state index is 12.6. The Kier molecular flexibility index (Phi) is 5.58. The van der Waals surface area contributed by atoms with Gasteiger partial charge in [-0.25, -0.2) is 4.79 Å². The van der Waals surface area contributed by atoms with Crippen molar-refractivity contribution in [3.8, 4) is 17.0 Å². The smallest absolute Gasteiger partial charge is 0.404 e. The Labute approximate surface area is 173 Å². The summed E-state index contributed by atoms with van der Waals surface area (Å²) in [5.74, 6) is 0.613. The molecule has 1 saturated heterocycles. The van der Waals surface area contributed by atoms with Gasteiger partial charge in [-0.2, -0.15) is 0 Å². The number of ether oxygens (including phenoxy) is 1. The van der Waals surface area contributed by atoms with Crippen molar-refractivity contribution >= 4 is 23.6 Å². The number of nitrogens with zero attached hydrogens (tertiary/aromatic N) is 2. The van der Waals surface area contributed by atoms with Crippen molar-refractivity contribution in [2.45, 2.75) is 31.8 Å². The number of amides is 2. The molecule has 1 aromatic heterocycles. The second-order valence-corrected chi connectivity index (χ2v) is 7.77. The van der Waals surface area contributed by atoms with Crippen LogP contribution in [0.15, 0.2) is 30.5 Å².